The second kappa shape index (κ2) is 3.20. The number of phenols is 1. The van der Waals surface area contributed by atoms with E-state index in [1.54, 1.807) is 0 Å². The summed E-state index contributed by atoms with van der Waals surface area (Å²) in [7, 11) is -3.56. The molecule has 0 aromatic heterocycles. The Bertz CT molecular complexity index is 555. The van der Waals surface area contributed by atoms with Gasteiger partial charge in [-0.15, -0.1) is 0 Å². The van der Waals surface area contributed by atoms with Crippen LogP contribution in [0.15, 0.2) is 28.0 Å². The lowest BCUT2D eigenvalue weighted by Gasteiger charge is -2.00. The zero-order chi connectivity index (χ0) is 11.1. The third kappa shape index (κ3) is 1.35. The molecule has 0 unspecified atom stereocenters. The van der Waals surface area contributed by atoms with Gasteiger partial charge in [0.1, 0.15) is 12.0 Å². The summed E-state index contributed by atoms with van der Waals surface area (Å²) in [6.07, 6.45) is 1.72. The zero-order valence-corrected chi connectivity index (χ0v) is 8.49. The van der Waals surface area contributed by atoms with Crippen LogP contribution in [0.2, 0.25) is 0 Å². The van der Waals surface area contributed by atoms with Gasteiger partial charge >= 0.3 is 0 Å². The van der Waals surface area contributed by atoms with Crippen LogP contribution in [0.1, 0.15) is 12.0 Å². The van der Waals surface area contributed by atoms with Crippen LogP contribution >= 0.6 is 0 Å². The Morgan fingerprint density at radius 1 is 1.33 bits per heavy atom. The molecule has 1 aliphatic heterocycles. The van der Waals surface area contributed by atoms with E-state index >= 15 is 0 Å². The van der Waals surface area contributed by atoms with Crippen LogP contribution in [0.5, 0.6) is 5.75 Å². The van der Waals surface area contributed by atoms with Gasteiger partial charge < -0.3 is 9.90 Å². The third-order valence-electron chi connectivity index (χ3n) is 2.27. The maximum Gasteiger partial charge on any atom is 0.203 e. The van der Waals surface area contributed by atoms with E-state index in [4.69, 9.17) is 0 Å². The molecule has 0 spiro atoms. The summed E-state index contributed by atoms with van der Waals surface area (Å²) in [5.74, 6) is -0.0861. The summed E-state index contributed by atoms with van der Waals surface area (Å²) >= 11 is 0. The molecule has 4 nitrogen and oxygen atoms in total. The number of carbonyl (C=O) groups excluding carboxylic acids is 1. The molecule has 78 valence electrons. The van der Waals surface area contributed by atoms with Gasteiger partial charge in [-0.1, -0.05) is 6.07 Å². The van der Waals surface area contributed by atoms with Gasteiger partial charge in [0.25, 0.3) is 0 Å². The normalized spacial score (nSPS) is 16.9. The van der Waals surface area contributed by atoms with Gasteiger partial charge in [0, 0.05) is 12.0 Å². The van der Waals surface area contributed by atoms with Crippen molar-refractivity contribution < 1.29 is 18.3 Å². The molecule has 0 saturated carbocycles. The average molecular weight is 224 g/mol. The smallest absolute Gasteiger partial charge is 0.203 e. The Kier molecular flexibility index (Phi) is 2.12. The Balaban J connectivity index is 2.69. The van der Waals surface area contributed by atoms with Crippen molar-refractivity contribution in [2.75, 3.05) is 0 Å². The Morgan fingerprint density at radius 2 is 2.07 bits per heavy atom. The van der Waals surface area contributed by atoms with Gasteiger partial charge in [-0.05, 0) is 18.2 Å². The molecule has 0 radical (unpaired) electrons. The van der Waals surface area contributed by atoms with E-state index in [-0.39, 0.29) is 27.5 Å². The number of hydrogen-bond donors (Lipinski definition) is 1. The van der Waals surface area contributed by atoms with Gasteiger partial charge in [0.15, 0.2) is 0 Å². The van der Waals surface area contributed by atoms with Crippen molar-refractivity contribution in [3.8, 4) is 5.75 Å². The highest BCUT2D eigenvalue weighted by molar-refractivity contribution is 7.95. The van der Waals surface area contributed by atoms with Crippen LogP contribution in [0.4, 0.5) is 0 Å². The number of benzene rings is 1. The largest absolute Gasteiger partial charge is 0.507 e. The minimum Gasteiger partial charge on any atom is -0.507 e. The maximum atomic E-state index is 11.8. The van der Waals surface area contributed by atoms with Crippen molar-refractivity contribution in [3.05, 3.63) is 28.7 Å². The highest BCUT2D eigenvalue weighted by atomic mass is 32.2. The van der Waals surface area contributed by atoms with Crippen molar-refractivity contribution in [1.29, 1.82) is 0 Å². The number of aromatic hydroxyl groups is 1. The SMILES string of the molecule is O=CCC1=Cc2c(O)cccc2S1(=O)=O. The molecule has 2 rings (SSSR count). The Morgan fingerprint density at radius 3 is 2.67 bits per heavy atom. The van der Waals surface area contributed by atoms with Gasteiger partial charge in [-0.3, -0.25) is 0 Å². The summed E-state index contributed by atoms with van der Waals surface area (Å²) in [6.45, 7) is 0. The van der Waals surface area contributed by atoms with Crippen LogP contribution in [0.25, 0.3) is 6.08 Å². The average Bonchev–Trinajstić information content (AvgIpc) is 2.43. The van der Waals surface area contributed by atoms with Crippen molar-refractivity contribution >= 4 is 22.2 Å². The lowest BCUT2D eigenvalue weighted by molar-refractivity contribution is -0.107. The molecule has 5 heteroatoms. The molecule has 0 fully saturated rings. The molecule has 0 aliphatic carbocycles. The number of sulfone groups is 1. The number of aldehydes is 1. The van der Waals surface area contributed by atoms with Crippen LogP contribution in [-0.4, -0.2) is 19.8 Å². The molecule has 0 bridgehead atoms. The molecule has 1 aliphatic rings. The number of allylic oxidation sites excluding steroid dienone is 1. The standard InChI is InChI=1S/C10H8O4S/c11-5-4-7-6-8-9(12)2-1-3-10(8)15(7,13)14/h1-3,5-6,12H,4H2. The van der Waals surface area contributed by atoms with Gasteiger partial charge in [-0.25, -0.2) is 8.42 Å². The molecule has 0 atom stereocenters. The fraction of sp³-hybridized carbons (Fsp3) is 0.100. The molecule has 0 amide bonds. The highest BCUT2D eigenvalue weighted by Crippen LogP contribution is 2.38. The van der Waals surface area contributed by atoms with E-state index in [2.05, 4.69) is 0 Å². The highest BCUT2D eigenvalue weighted by Gasteiger charge is 2.30. The summed E-state index contributed by atoms with van der Waals surface area (Å²) in [5.41, 5.74) is 0.273. The minimum atomic E-state index is -3.56. The first kappa shape index (κ1) is 9.92. The summed E-state index contributed by atoms with van der Waals surface area (Å²) in [5, 5.41) is 9.45. The predicted molar refractivity (Wildman–Crippen MR) is 54.0 cm³/mol. The summed E-state index contributed by atoms with van der Waals surface area (Å²) in [6, 6.07) is 4.29. The van der Waals surface area contributed by atoms with E-state index in [0.29, 0.717) is 6.29 Å². The van der Waals surface area contributed by atoms with Gasteiger partial charge in [0.05, 0.1) is 9.80 Å². The number of fused-ring (bicyclic) bond motifs is 1. The minimum absolute atomic E-state index is 0.0361. The van der Waals surface area contributed by atoms with E-state index in [9.17, 15) is 18.3 Å². The summed E-state index contributed by atoms with van der Waals surface area (Å²) < 4.78 is 23.6. The number of hydrogen-bond acceptors (Lipinski definition) is 4. The first-order valence-corrected chi connectivity index (χ1v) is 5.77. The van der Waals surface area contributed by atoms with Crippen LogP contribution in [0.3, 0.4) is 0 Å². The van der Waals surface area contributed by atoms with Gasteiger partial charge in [0.2, 0.25) is 9.84 Å². The molecular weight excluding hydrogens is 216 g/mol. The van der Waals surface area contributed by atoms with Crippen LogP contribution in [-0.2, 0) is 14.6 Å². The second-order valence-electron chi connectivity index (χ2n) is 3.17. The lowest BCUT2D eigenvalue weighted by Crippen LogP contribution is -2.00. The molecule has 1 aromatic rings. The van der Waals surface area contributed by atoms with Crippen molar-refractivity contribution in [3.63, 3.8) is 0 Å². The van der Waals surface area contributed by atoms with Gasteiger partial charge in [-0.2, -0.15) is 0 Å². The van der Waals surface area contributed by atoms with Crippen LogP contribution in [0, 0.1) is 0 Å². The molecular formula is C10H8O4S. The molecule has 0 saturated heterocycles. The van der Waals surface area contributed by atoms with E-state index in [0.717, 1.165) is 0 Å². The molecule has 1 N–H and O–H groups in total. The summed E-state index contributed by atoms with van der Waals surface area (Å²) in [4.78, 5) is 10.4. The van der Waals surface area contributed by atoms with Crippen molar-refractivity contribution in [2.45, 2.75) is 11.3 Å². The topological polar surface area (TPSA) is 71.4 Å². The lowest BCUT2D eigenvalue weighted by atomic mass is 10.2. The van der Waals surface area contributed by atoms with E-state index in [1.165, 1.54) is 24.3 Å². The predicted octanol–water partition coefficient (Wildman–Crippen LogP) is 1.11. The first-order valence-electron chi connectivity index (χ1n) is 4.28. The molecule has 15 heavy (non-hydrogen) atoms. The number of rotatable bonds is 2. The Hall–Kier alpha value is -1.62. The fourth-order valence-corrected chi connectivity index (χ4v) is 3.10. The monoisotopic (exact) mass is 224 g/mol. The second-order valence-corrected chi connectivity index (χ2v) is 5.14. The molecule has 1 heterocycles. The van der Waals surface area contributed by atoms with E-state index < -0.39 is 9.84 Å². The number of phenolic OH excluding ortho intramolecular Hbond substituents is 1. The third-order valence-corrected chi connectivity index (χ3v) is 4.18. The fourth-order valence-electron chi connectivity index (χ4n) is 1.54. The van der Waals surface area contributed by atoms with E-state index in [1.807, 2.05) is 0 Å². The zero-order valence-electron chi connectivity index (χ0n) is 7.67. The number of carbonyl (C=O) groups is 1. The molecule has 1 aromatic carbocycles. The quantitative estimate of drug-likeness (QED) is 0.764. The van der Waals surface area contributed by atoms with Crippen LogP contribution < -0.4 is 0 Å². The van der Waals surface area contributed by atoms with Crippen molar-refractivity contribution in [1.82, 2.24) is 0 Å². The maximum absolute atomic E-state index is 11.8. The Labute approximate surface area is 86.8 Å². The van der Waals surface area contributed by atoms with Crippen molar-refractivity contribution in [2.24, 2.45) is 0 Å². The first-order chi connectivity index (χ1) is 7.07.